The molecule has 3 heteroatoms. The average molecular weight is 238 g/mol. The third-order valence-corrected chi connectivity index (χ3v) is 4.47. The van der Waals surface area contributed by atoms with Crippen molar-refractivity contribution < 1.29 is 15.0 Å². The Morgan fingerprint density at radius 2 is 2.00 bits per heavy atom. The molecule has 0 saturated heterocycles. The Morgan fingerprint density at radius 1 is 1.35 bits per heavy atom. The SMILES string of the molecule is CC1(C)C[C@@H]2C(=O)C=C(CCO)[C@](C)(O)[C@H]2C1. The van der Waals surface area contributed by atoms with E-state index in [9.17, 15) is 9.90 Å². The maximum absolute atomic E-state index is 12.1. The van der Waals surface area contributed by atoms with Crippen LogP contribution in [0.4, 0.5) is 0 Å². The van der Waals surface area contributed by atoms with Gasteiger partial charge in [-0.3, -0.25) is 4.79 Å². The number of carbonyl (C=O) groups excluding carboxylic acids is 1. The van der Waals surface area contributed by atoms with Crippen LogP contribution in [0.5, 0.6) is 0 Å². The van der Waals surface area contributed by atoms with Crippen LogP contribution in [0.1, 0.15) is 40.0 Å². The maximum atomic E-state index is 12.1. The van der Waals surface area contributed by atoms with E-state index in [1.807, 2.05) is 0 Å². The van der Waals surface area contributed by atoms with Crippen molar-refractivity contribution >= 4 is 5.78 Å². The van der Waals surface area contributed by atoms with Gasteiger partial charge in [0.15, 0.2) is 5.78 Å². The fourth-order valence-electron chi connectivity index (χ4n) is 3.56. The predicted molar refractivity (Wildman–Crippen MR) is 65.4 cm³/mol. The second-order valence-corrected chi connectivity index (χ2v) is 6.48. The van der Waals surface area contributed by atoms with Gasteiger partial charge in [-0.25, -0.2) is 0 Å². The number of allylic oxidation sites excluding steroid dienone is 1. The van der Waals surface area contributed by atoms with Gasteiger partial charge in [-0.05, 0) is 43.3 Å². The molecule has 0 radical (unpaired) electrons. The first-order chi connectivity index (χ1) is 7.78. The third kappa shape index (κ3) is 2.06. The van der Waals surface area contributed by atoms with Gasteiger partial charge in [-0.1, -0.05) is 13.8 Å². The van der Waals surface area contributed by atoms with Gasteiger partial charge in [0, 0.05) is 18.4 Å². The van der Waals surface area contributed by atoms with Gasteiger partial charge >= 0.3 is 0 Å². The zero-order chi connectivity index (χ0) is 12.8. The highest BCUT2D eigenvalue weighted by Gasteiger charge is 2.53. The fourth-order valence-corrected chi connectivity index (χ4v) is 3.56. The van der Waals surface area contributed by atoms with Gasteiger partial charge in [0.05, 0.1) is 5.60 Å². The lowest BCUT2D eigenvalue weighted by Gasteiger charge is -2.39. The summed E-state index contributed by atoms with van der Waals surface area (Å²) in [5.74, 6) is 0.106. The summed E-state index contributed by atoms with van der Waals surface area (Å²) in [6.45, 7) is 6.08. The number of rotatable bonds is 2. The summed E-state index contributed by atoms with van der Waals surface area (Å²) >= 11 is 0. The van der Waals surface area contributed by atoms with Crippen LogP contribution in [0.3, 0.4) is 0 Å². The molecule has 0 aliphatic heterocycles. The topological polar surface area (TPSA) is 57.5 Å². The number of hydrogen-bond acceptors (Lipinski definition) is 3. The van der Waals surface area contributed by atoms with Gasteiger partial charge in [0.2, 0.25) is 0 Å². The first-order valence-electron chi connectivity index (χ1n) is 6.36. The van der Waals surface area contributed by atoms with E-state index in [1.165, 1.54) is 0 Å². The smallest absolute Gasteiger partial charge is 0.159 e. The number of ketones is 1. The molecule has 1 saturated carbocycles. The minimum Gasteiger partial charge on any atom is -0.396 e. The average Bonchev–Trinajstić information content (AvgIpc) is 2.53. The molecular formula is C14H22O3. The number of aliphatic hydroxyl groups is 2. The Morgan fingerprint density at radius 3 is 2.59 bits per heavy atom. The fraction of sp³-hybridized carbons (Fsp3) is 0.786. The second-order valence-electron chi connectivity index (χ2n) is 6.48. The van der Waals surface area contributed by atoms with E-state index in [0.717, 1.165) is 12.8 Å². The molecule has 1 fully saturated rings. The van der Waals surface area contributed by atoms with Crippen LogP contribution in [0.2, 0.25) is 0 Å². The number of hydrogen-bond donors (Lipinski definition) is 2. The third-order valence-electron chi connectivity index (χ3n) is 4.47. The minimum atomic E-state index is -0.935. The molecule has 2 rings (SSSR count). The normalized spacial score (nSPS) is 40.1. The minimum absolute atomic E-state index is 0.0107. The lowest BCUT2D eigenvalue weighted by atomic mass is 9.69. The zero-order valence-corrected chi connectivity index (χ0v) is 10.9. The molecule has 0 bridgehead atoms. The first-order valence-corrected chi connectivity index (χ1v) is 6.36. The van der Waals surface area contributed by atoms with Crippen molar-refractivity contribution in [2.75, 3.05) is 6.61 Å². The Hall–Kier alpha value is -0.670. The largest absolute Gasteiger partial charge is 0.396 e. The molecule has 0 unspecified atom stereocenters. The quantitative estimate of drug-likeness (QED) is 0.769. The Bertz CT molecular complexity index is 366. The summed E-state index contributed by atoms with van der Waals surface area (Å²) in [6.07, 6.45) is 3.69. The molecule has 96 valence electrons. The molecule has 0 spiro atoms. The van der Waals surface area contributed by atoms with Gasteiger partial charge in [-0.15, -0.1) is 0 Å². The monoisotopic (exact) mass is 238 g/mol. The van der Waals surface area contributed by atoms with E-state index >= 15 is 0 Å². The summed E-state index contributed by atoms with van der Waals surface area (Å²) < 4.78 is 0. The zero-order valence-electron chi connectivity index (χ0n) is 10.9. The second kappa shape index (κ2) is 3.92. The molecule has 17 heavy (non-hydrogen) atoms. The highest BCUT2D eigenvalue weighted by Crippen LogP contribution is 2.53. The van der Waals surface area contributed by atoms with Crippen molar-refractivity contribution in [3.63, 3.8) is 0 Å². The number of carbonyl (C=O) groups is 1. The summed E-state index contributed by atoms with van der Waals surface area (Å²) in [6, 6.07) is 0. The van der Waals surface area contributed by atoms with E-state index in [4.69, 9.17) is 5.11 Å². The summed E-state index contributed by atoms with van der Waals surface area (Å²) in [5, 5.41) is 19.7. The lowest BCUT2D eigenvalue weighted by Crippen LogP contribution is -2.44. The molecule has 2 N–H and O–H groups in total. The highest BCUT2D eigenvalue weighted by molar-refractivity contribution is 5.94. The molecule has 3 nitrogen and oxygen atoms in total. The number of aliphatic hydroxyl groups excluding tert-OH is 1. The molecule has 2 aliphatic rings. The van der Waals surface area contributed by atoms with Gasteiger partial charge in [0.1, 0.15) is 0 Å². The van der Waals surface area contributed by atoms with Crippen molar-refractivity contribution in [1.82, 2.24) is 0 Å². The van der Waals surface area contributed by atoms with E-state index in [2.05, 4.69) is 13.8 Å². The molecule has 0 heterocycles. The molecule has 2 aliphatic carbocycles. The van der Waals surface area contributed by atoms with Crippen molar-refractivity contribution in [3.05, 3.63) is 11.6 Å². The Balaban J connectivity index is 2.35. The first kappa shape index (κ1) is 12.8. The lowest BCUT2D eigenvalue weighted by molar-refractivity contribution is -0.124. The van der Waals surface area contributed by atoms with Crippen molar-refractivity contribution in [1.29, 1.82) is 0 Å². The van der Waals surface area contributed by atoms with Crippen LogP contribution in [-0.4, -0.2) is 28.2 Å². The highest BCUT2D eigenvalue weighted by atomic mass is 16.3. The van der Waals surface area contributed by atoms with Gasteiger partial charge in [0.25, 0.3) is 0 Å². The predicted octanol–water partition coefficient (Wildman–Crippen LogP) is 1.68. The summed E-state index contributed by atoms with van der Waals surface area (Å²) in [7, 11) is 0. The van der Waals surface area contributed by atoms with Crippen LogP contribution in [-0.2, 0) is 4.79 Å². The molecule has 0 amide bonds. The van der Waals surface area contributed by atoms with Gasteiger partial charge < -0.3 is 10.2 Å². The van der Waals surface area contributed by atoms with Crippen molar-refractivity contribution in [2.24, 2.45) is 17.3 Å². The molecular weight excluding hydrogens is 216 g/mol. The molecule has 0 aromatic heterocycles. The summed E-state index contributed by atoms with van der Waals surface area (Å²) in [5.41, 5.74) is -0.115. The van der Waals surface area contributed by atoms with Crippen LogP contribution < -0.4 is 0 Å². The van der Waals surface area contributed by atoms with Crippen molar-refractivity contribution in [2.45, 2.75) is 45.6 Å². The van der Waals surface area contributed by atoms with Crippen molar-refractivity contribution in [3.8, 4) is 0 Å². The van der Waals surface area contributed by atoms with E-state index < -0.39 is 5.60 Å². The molecule has 3 atom stereocenters. The van der Waals surface area contributed by atoms with Gasteiger partial charge in [-0.2, -0.15) is 0 Å². The summed E-state index contributed by atoms with van der Waals surface area (Å²) in [4.78, 5) is 12.1. The number of fused-ring (bicyclic) bond motifs is 1. The van der Waals surface area contributed by atoms with E-state index in [-0.39, 0.29) is 29.6 Å². The van der Waals surface area contributed by atoms with Crippen LogP contribution in [0, 0.1) is 17.3 Å². The van der Waals surface area contributed by atoms with Crippen LogP contribution >= 0.6 is 0 Å². The Labute approximate surface area is 103 Å². The van der Waals surface area contributed by atoms with Crippen LogP contribution in [0.25, 0.3) is 0 Å². The van der Waals surface area contributed by atoms with E-state index in [0.29, 0.717) is 12.0 Å². The maximum Gasteiger partial charge on any atom is 0.159 e. The van der Waals surface area contributed by atoms with Crippen LogP contribution in [0.15, 0.2) is 11.6 Å². The molecule has 0 aromatic rings. The standard InChI is InChI=1S/C14H22O3/c1-13(2)7-10-11(8-13)14(3,17)9(4-5-15)6-12(10)16/h6,10-11,15,17H,4-5,7-8H2,1-3H3/t10-,11-,14-/m0/s1. The Kier molecular flexibility index (Phi) is 2.95. The molecule has 0 aromatic carbocycles. The van der Waals surface area contributed by atoms with E-state index in [1.54, 1.807) is 13.0 Å².